The van der Waals surface area contributed by atoms with Gasteiger partial charge in [0.05, 0.1) is 4.83 Å². The summed E-state index contributed by atoms with van der Waals surface area (Å²) < 4.78 is 6.34. The van der Waals surface area contributed by atoms with Gasteiger partial charge in [0.15, 0.2) is 4.67 Å². The minimum absolute atomic E-state index is 0.000895. The van der Waals surface area contributed by atoms with Crippen LogP contribution in [0.25, 0.3) is 10.8 Å². The van der Waals surface area contributed by atoms with Gasteiger partial charge in [0, 0.05) is 10.4 Å². The van der Waals surface area contributed by atoms with Crippen LogP contribution in [0.15, 0.2) is 57.6 Å². The fourth-order valence-electron chi connectivity index (χ4n) is 2.12. The van der Waals surface area contributed by atoms with Crippen LogP contribution in [0.3, 0.4) is 0 Å². The first-order valence-corrected chi connectivity index (χ1v) is 7.82. The van der Waals surface area contributed by atoms with Crippen molar-refractivity contribution in [2.75, 3.05) is 0 Å². The molecule has 2 aromatic carbocycles. The minimum atomic E-state index is 0.000895. The highest BCUT2D eigenvalue weighted by atomic mass is 79.9. The largest absolute Gasteiger partial charge is 0.453 e. The molecule has 0 aliphatic heterocycles. The van der Waals surface area contributed by atoms with Gasteiger partial charge >= 0.3 is 0 Å². The number of hydrogen-bond acceptors (Lipinski definition) is 1. The van der Waals surface area contributed by atoms with Crippen LogP contribution >= 0.6 is 43.5 Å². The topological polar surface area (TPSA) is 13.1 Å². The van der Waals surface area contributed by atoms with Crippen LogP contribution in [-0.4, -0.2) is 0 Å². The van der Waals surface area contributed by atoms with Crippen molar-refractivity contribution in [2.24, 2.45) is 0 Å². The summed E-state index contributed by atoms with van der Waals surface area (Å²) >= 11 is 13.3. The highest BCUT2D eigenvalue weighted by molar-refractivity contribution is 9.10. The summed E-state index contributed by atoms with van der Waals surface area (Å²) in [6.45, 7) is 0. The summed E-state index contributed by atoms with van der Waals surface area (Å²) in [6.07, 6.45) is 0. The van der Waals surface area contributed by atoms with Crippen molar-refractivity contribution in [3.63, 3.8) is 0 Å². The SMILES string of the molecule is Clc1ccc(C(Br)c2ccc(Br)o2)c2ccccc12. The maximum atomic E-state index is 6.24. The third kappa shape index (κ3) is 2.47. The summed E-state index contributed by atoms with van der Waals surface area (Å²) in [5.74, 6) is 0.861. The Hall–Kier alpha value is -0.770. The van der Waals surface area contributed by atoms with E-state index in [4.69, 9.17) is 16.0 Å². The van der Waals surface area contributed by atoms with E-state index in [-0.39, 0.29) is 4.83 Å². The van der Waals surface area contributed by atoms with Gasteiger partial charge < -0.3 is 4.42 Å². The van der Waals surface area contributed by atoms with E-state index in [0.29, 0.717) is 0 Å². The second-order valence-electron chi connectivity index (χ2n) is 4.19. The number of furan rings is 1. The first-order valence-electron chi connectivity index (χ1n) is 5.73. The lowest BCUT2D eigenvalue weighted by Gasteiger charge is -2.12. The zero-order valence-corrected chi connectivity index (χ0v) is 13.7. The average molecular weight is 400 g/mol. The van der Waals surface area contributed by atoms with E-state index in [9.17, 15) is 0 Å². The highest BCUT2D eigenvalue weighted by Gasteiger charge is 2.17. The predicted octanol–water partition coefficient (Wildman–Crippen LogP) is 6.33. The maximum Gasteiger partial charge on any atom is 0.169 e. The molecule has 3 rings (SSSR count). The first-order chi connectivity index (χ1) is 9.16. The van der Waals surface area contributed by atoms with Crippen LogP contribution in [-0.2, 0) is 0 Å². The van der Waals surface area contributed by atoms with E-state index in [2.05, 4.69) is 37.9 Å². The van der Waals surface area contributed by atoms with Gasteiger partial charge in [0.25, 0.3) is 0 Å². The van der Waals surface area contributed by atoms with Crippen LogP contribution in [0.1, 0.15) is 16.2 Å². The molecule has 0 saturated carbocycles. The van der Waals surface area contributed by atoms with Crippen LogP contribution in [0, 0.1) is 0 Å². The number of hydrogen-bond donors (Lipinski definition) is 0. The van der Waals surface area contributed by atoms with E-state index in [0.717, 1.165) is 31.8 Å². The molecule has 0 spiro atoms. The van der Waals surface area contributed by atoms with Crippen molar-refractivity contribution in [1.29, 1.82) is 0 Å². The number of fused-ring (bicyclic) bond motifs is 1. The smallest absolute Gasteiger partial charge is 0.169 e. The van der Waals surface area contributed by atoms with Crippen molar-refractivity contribution in [2.45, 2.75) is 4.83 Å². The second-order valence-corrected chi connectivity index (χ2v) is 6.29. The molecule has 1 atom stereocenters. The van der Waals surface area contributed by atoms with Crippen molar-refractivity contribution < 1.29 is 4.42 Å². The normalized spacial score (nSPS) is 12.8. The molecule has 0 aliphatic carbocycles. The fourth-order valence-corrected chi connectivity index (χ4v) is 3.32. The van der Waals surface area contributed by atoms with E-state index < -0.39 is 0 Å². The van der Waals surface area contributed by atoms with Crippen LogP contribution in [0.5, 0.6) is 0 Å². The average Bonchev–Trinajstić information content (AvgIpc) is 2.86. The van der Waals surface area contributed by atoms with Crippen LogP contribution in [0.4, 0.5) is 0 Å². The molecule has 0 saturated heterocycles. The number of halogens is 3. The molecule has 1 heterocycles. The zero-order valence-electron chi connectivity index (χ0n) is 9.74. The summed E-state index contributed by atoms with van der Waals surface area (Å²) in [6, 6.07) is 15.9. The molecule has 0 aliphatic rings. The van der Waals surface area contributed by atoms with Crippen LogP contribution in [0.2, 0.25) is 5.02 Å². The molecular formula is C15H9Br2ClO. The van der Waals surface area contributed by atoms with Crippen LogP contribution < -0.4 is 0 Å². The van der Waals surface area contributed by atoms with Crippen molar-refractivity contribution in [3.05, 3.63) is 69.5 Å². The quantitative estimate of drug-likeness (QED) is 0.458. The van der Waals surface area contributed by atoms with Gasteiger partial charge in [-0.2, -0.15) is 0 Å². The van der Waals surface area contributed by atoms with E-state index in [1.165, 1.54) is 0 Å². The Kier molecular flexibility index (Phi) is 3.70. The van der Waals surface area contributed by atoms with Crippen molar-refractivity contribution in [3.8, 4) is 0 Å². The monoisotopic (exact) mass is 398 g/mol. The molecule has 4 heteroatoms. The van der Waals surface area contributed by atoms with Gasteiger partial charge in [-0.25, -0.2) is 0 Å². The molecule has 0 bridgehead atoms. The second kappa shape index (κ2) is 5.31. The first kappa shape index (κ1) is 13.2. The Morgan fingerprint density at radius 2 is 1.68 bits per heavy atom. The molecular weight excluding hydrogens is 391 g/mol. The van der Waals surface area contributed by atoms with Gasteiger partial charge in [0.2, 0.25) is 0 Å². The lowest BCUT2D eigenvalue weighted by molar-refractivity contribution is 0.497. The molecule has 0 fully saturated rings. The van der Waals surface area contributed by atoms with Gasteiger partial charge in [-0.15, -0.1) is 0 Å². The van der Waals surface area contributed by atoms with E-state index in [1.807, 2.05) is 42.5 Å². The summed E-state index contributed by atoms with van der Waals surface area (Å²) in [4.78, 5) is 0.000895. The fraction of sp³-hybridized carbons (Fsp3) is 0.0667. The number of benzene rings is 2. The van der Waals surface area contributed by atoms with Crippen molar-refractivity contribution in [1.82, 2.24) is 0 Å². The Bertz CT molecular complexity index is 736. The lowest BCUT2D eigenvalue weighted by atomic mass is 10.0. The van der Waals surface area contributed by atoms with E-state index >= 15 is 0 Å². The Morgan fingerprint density at radius 3 is 2.37 bits per heavy atom. The summed E-state index contributed by atoms with van der Waals surface area (Å²) in [7, 11) is 0. The summed E-state index contributed by atoms with van der Waals surface area (Å²) in [5, 5.41) is 2.95. The molecule has 96 valence electrons. The molecule has 1 aromatic heterocycles. The highest BCUT2D eigenvalue weighted by Crippen LogP contribution is 2.38. The molecule has 0 radical (unpaired) electrons. The third-order valence-electron chi connectivity index (χ3n) is 3.02. The molecule has 19 heavy (non-hydrogen) atoms. The number of rotatable bonds is 2. The van der Waals surface area contributed by atoms with E-state index in [1.54, 1.807) is 0 Å². The van der Waals surface area contributed by atoms with Crippen molar-refractivity contribution >= 4 is 54.2 Å². The van der Waals surface area contributed by atoms with Gasteiger partial charge in [-0.05, 0) is 45.1 Å². The molecule has 1 nitrogen and oxygen atoms in total. The molecule has 3 aromatic rings. The lowest BCUT2D eigenvalue weighted by Crippen LogP contribution is -1.92. The molecule has 0 N–H and O–H groups in total. The standard InChI is InChI=1S/C15H9Br2ClO/c16-14-8-7-13(19-14)15(17)11-5-6-12(18)10-4-2-1-3-9(10)11/h1-8,15H. The van der Waals surface area contributed by atoms with Gasteiger partial charge in [-0.1, -0.05) is 57.9 Å². The summed E-state index contributed by atoms with van der Waals surface area (Å²) in [5.41, 5.74) is 1.14. The number of alkyl halides is 1. The molecule has 1 unspecified atom stereocenters. The zero-order chi connectivity index (χ0) is 13.4. The predicted molar refractivity (Wildman–Crippen MR) is 86.1 cm³/mol. The Balaban J connectivity index is 2.18. The van der Waals surface area contributed by atoms with Gasteiger partial charge in [-0.3, -0.25) is 0 Å². The maximum absolute atomic E-state index is 6.24. The Labute approximate surface area is 132 Å². The molecule has 0 amide bonds. The third-order valence-corrected chi connectivity index (χ3v) is 4.72. The Morgan fingerprint density at radius 1 is 0.947 bits per heavy atom. The van der Waals surface area contributed by atoms with Gasteiger partial charge in [0.1, 0.15) is 5.76 Å². The minimum Gasteiger partial charge on any atom is -0.453 e.